The van der Waals surface area contributed by atoms with Gasteiger partial charge in [-0.05, 0) is 24.6 Å². The van der Waals surface area contributed by atoms with Crippen molar-refractivity contribution in [2.24, 2.45) is 7.05 Å². The molecule has 0 atom stereocenters. The van der Waals surface area contributed by atoms with Gasteiger partial charge >= 0.3 is 5.97 Å². The van der Waals surface area contributed by atoms with Gasteiger partial charge in [0.15, 0.2) is 11.6 Å². The van der Waals surface area contributed by atoms with E-state index in [2.05, 4.69) is 0 Å². The number of aryl methyl sites for hydroxylation is 1. The summed E-state index contributed by atoms with van der Waals surface area (Å²) in [5, 5.41) is 9.43. The normalized spacial score (nSPS) is 10.8. The van der Waals surface area contributed by atoms with Crippen LogP contribution in [0.4, 0.5) is 4.39 Å². The van der Waals surface area contributed by atoms with Gasteiger partial charge in [-0.25, -0.2) is 4.39 Å². The molecule has 0 amide bonds. The molecule has 0 saturated heterocycles. The summed E-state index contributed by atoms with van der Waals surface area (Å²) in [5.74, 6) is -1.29. The second-order valence-corrected chi connectivity index (χ2v) is 4.04. The summed E-state index contributed by atoms with van der Waals surface area (Å²) in [6, 6.07) is 2.95. The van der Waals surface area contributed by atoms with Crippen LogP contribution in [0.1, 0.15) is 12.5 Å². The zero-order valence-corrected chi connectivity index (χ0v) is 10.2. The number of rotatable bonds is 4. The van der Waals surface area contributed by atoms with E-state index in [0.29, 0.717) is 17.6 Å². The molecule has 1 N–H and O–H groups in total. The number of carboxylic acids is 1. The average molecular weight is 251 g/mol. The van der Waals surface area contributed by atoms with Gasteiger partial charge in [0.2, 0.25) is 0 Å². The minimum atomic E-state index is -0.950. The number of nitrogens with zero attached hydrogens (tertiary/aromatic N) is 1. The Morgan fingerprint density at radius 1 is 1.50 bits per heavy atom. The number of aromatic nitrogens is 1. The van der Waals surface area contributed by atoms with Gasteiger partial charge in [-0.2, -0.15) is 0 Å². The van der Waals surface area contributed by atoms with Crippen LogP contribution in [0.2, 0.25) is 0 Å². The van der Waals surface area contributed by atoms with Crippen molar-refractivity contribution in [3.05, 3.63) is 29.7 Å². The molecule has 0 spiro atoms. The summed E-state index contributed by atoms with van der Waals surface area (Å²) >= 11 is 0. The van der Waals surface area contributed by atoms with Crippen LogP contribution >= 0.6 is 0 Å². The molecule has 0 radical (unpaired) electrons. The highest BCUT2D eigenvalue weighted by Crippen LogP contribution is 2.33. The van der Waals surface area contributed by atoms with Crippen LogP contribution in [0.25, 0.3) is 10.9 Å². The number of hydrogen-bond donors (Lipinski definition) is 1. The first-order chi connectivity index (χ1) is 8.54. The van der Waals surface area contributed by atoms with Crippen molar-refractivity contribution in [2.45, 2.75) is 13.3 Å². The molecular formula is C13H14FNO3. The van der Waals surface area contributed by atoms with E-state index in [1.165, 1.54) is 6.07 Å². The summed E-state index contributed by atoms with van der Waals surface area (Å²) in [7, 11) is 1.79. The third-order valence-electron chi connectivity index (χ3n) is 2.77. The highest BCUT2D eigenvalue weighted by atomic mass is 19.1. The van der Waals surface area contributed by atoms with E-state index in [1.54, 1.807) is 30.8 Å². The molecule has 2 rings (SSSR count). The highest BCUT2D eigenvalue weighted by molar-refractivity contribution is 5.92. The number of fused-ring (bicyclic) bond motifs is 1. The number of carboxylic acid groups (broad SMARTS) is 1. The molecule has 0 bridgehead atoms. The van der Waals surface area contributed by atoms with Crippen molar-refractivity contribution >= 4 is 16.9 Å². The van der Waals surface area contributed by atoms with Crippen molar-refractivity contribution in [1.82, 2.24) is 4.57 Å². The Kier molecular flexibility index (Phi) is 3.23. The first-order valence-electron chi connectivity index (χ1n) is 5.65. The molecule has 1 aromatic heterocycles. The molecule has 2 aromatic rings. The minimum Gasteiger partial charge on any atom is -0.490 e. The van der Waals surface area contributed by atoms with Crippen molar-refractivity contribution in [2.75, 3.05) is 6.61 Å². The Bertz CT molecular complexity index is 604. The Labute approximate surface area is 104 Å². The summed E-state index contributed by atoms with van der Waals surface area (Å²) in [5.41, 5.74) is 1.32. The fourth-order valence-corrected chi connectivity index (χ4v) is 2.10. The van der Waals surface area contributed by atoms with Crippen LogP contribution in [-0.4, -0.2) is 22.2 Å². The predicted molar refractivity (Wildman–Crippen MR) is 65.4 cm³/mol. The van der Waals surface area contributed by atoms with Crippen LogP contribution < -0.4 is 4.74 Å². The first-order valence-corrected chi connectivity index (χ1v) is 5.65. The molecule has 0 unspecified atom stereocenters. The molecule has 1 heterocycles. The van der Waals surface area contributed by atoms with Gasteiger partial charge in [0.25, 0.3) is 0 Å². The third-order valence-corrected chi connectivity index (χ3v) is 2.77. The van der Waals surface area contributed by atoms with E-state index in [0.717, 1.165) is 5.52 Å². The molecule has 5 heteroatoms. The second-order valence-electron chi connectivity index (χ2n) is 4.04. The largest absolute Gasteiger partial charge is 0.490 e. The lowest BCUT2D eigenvalue weighted by molar-refractivity contribution is -0.136. The molecule has 96 valence electrons. The van der Waals surface area contributed by atoms with Crippen LogP contribution in [-0.2, 0) is 18.3 Å². The Balaban J connectivity index is 2.71. The lowest BCUT2D eigenvalue weighted by Crippen LogP contribution is -2.01. The summed E-state index contributed by atoms with van der Waals surface area (Å²) in [4.78, 5) is 10.8. The zero-order valence-electron chi connectivity index (χ0n) is 10.2. The van der Waals surface area contributed by atoms with Gasteiger partial charge in [0.05, 0.1) is 18.5 Å². The molecule has 18 heavy (non-hydrogen) atoms. The van der Waals surface area contributed by atoms with Gasteiger partial charge in [-0.3, -0.25) is 4.79 Å². The molecule has 0 aliphatic carbocycles. The van der Waals surface area contributed by atoms with E-state index >= 15 is 0 Å². The SMILES string of the molecule is CCOc1c(F)ccc2c1c(CC(=O)O)cn2C. The first kappa shape index (κ1) is 12.4. The topological polar surface area (TPSA) is 51.5 Å². The van der Waals surface area contributed by atoms with Crippen molar-refractivity contribution in [3.8, 4) is 5.75 Å². The van der Waals surface area contributed by atoms with E-state index in [9.17, 15) is 9.18 Å². The van der Waals surface area contributed by atoms with Gasteiger partial charge < -0.3 is 14.4 Å². The summed E-state index contributed by atoms with van der Waals surface area (Å²) in [6.07, 6.45) is 1.54. The maximum absolute atomic E-state index is 13.8. The van der Waals surface area contributed by atoms with Crippen molar-refractivity contribution in [3.63, 3.8) is 0 Å². The second kappa shape index (κ2) is 4.68. The lowest BCUT2D eigenvalue weighted by Gasteiger charge is -2.08. The summed E-state index contributed by atoms with van der Waals surface area (Å²) in [6.45, 7) is 2.09. The van der Waals surface area contributed by atoms with Crippen LogP contribution in [0.15, 0.2) is 18.3 Å². The Morgan fingerprint density at radius 2 is 2.22 bits per heavy atom. The molecule has 1 aromatic carbocycles. The maximum Gasteiger partial charge on any atom is 0.307 e. The van der Waals surface area contributed by atoms with E-state index < -0.39 is 11.8 Å². The molecule has 0 saturated carbocycles. The van der Waals surface area contributed by atoms with Gasteiger partial charge in [-0.1, -0.05) is 0 Å². The Hall–Kier alpha value is -2.04. The number of hydrogen-bond acceptors (Lipinski definition) is 2. The van der Waals surface area contributed by atoms with Crippen LogP contribution in [0.5, 0.6) is 5.75 Å². The molecule has 0 aliphatic rings. The van der Waals surface area contributed by atoms with Crippen molar-refractivity contribution < 1.29 is 19.0 Å². The van der Waals surface area contributed by atoms with E-state index in [-0.39, 0.29) is 12.2 Å². The molecule has 0 aliphatic heterocycles. The number of ether oxygens (including phenoxy) is 1. The highest BCUT2D eigenvalue weighted by Gasteiger charge is 2.17. The number of benzene rings is 1. The van der Waals surface area contributed by atoms with Gasteiger partial charge in [-0.15, -0.1) is 0 Å². The fourth-order valence-electron chi connectivity index (χ4n) is 2.10. The van der Waals surface area contributed by atoms with Crippen LogP contribution in [0.3, 0.4) is 0 Å². The van der Waals surface area contributed by atoms with Crippen LogP contribution in [0, 0.1) is 5.82 Å². The quantitative estimate of drug-likeness (QED) is 0.907. The minimum absolute atomic E-state index is 0.131. The average Bonchev–Trinajstić information content (AvgIpc) is 2.59. The van der Waals surface area contributed by atoms with E-state index in [4.69, 9.17) is 9.84 Å². The fraction of sp³-hybridized carbons (Fsp3) is 0.308. The number of aliphatic carboxylic acids is 1. The monoisotopic (exact) mass is 251 g/mol. The standard InChI is InChI=1S/C13H14FNO3/c1-3-18-13-9(14)4-5-10-12(13)8(6-11(16)17)7-15(10)2/h4-5,7H,3,6H2,1-2H3,(H,16,17). The zero-order chi connectivity index (χ0) is 13.3. The van der Waals surface area contributed by atoms with Gasteiger partial charge in [0, 0.05) is 18.6 Å². The third kappa shape index (κ3) is 2.03. The molecular weight excluding hydrogens is 237 g/mol. The number of carbonyl (C=O) groups is 1. The maximum atomic E-state index is 13.8. The Morgan fingerprint density at radius 3 is 2.83 bits per heavy atom. The predicted octanol–water partition coefficient (Wildman–Crippen LogP) is 2.34. The molecule has 4 nitrogen and oxygen atoms in total. The molecule has 0 fully saturated rings. The number of halogens is 1. The van der Waals surface area contributed by atoms with Gasteiger partial charge in [0.1, 0.15) is 0 Å². The smallest absolute Gasteiger partial charge is 0.307 e. The lowest BCUT2D eigenvalue weighted by atomic mass is 10.1. The summed E-state index contributed by atoms with van der Waals surface area (Å²) < 4.78 is 20.8. The van der Waals surface area contributed by atoms with Crippen molar-refractivity contribution in [1.29, 1.82) is 0 Å². The van der Waals surface area contributed by atoms with E-state index in [1.807, 2.05) is 0 Å².